The van der Waals surface area contributed by atoms with Gasteiger partial charge in [-0.3, -0.25) is 4.90 Å². The van der Waals surface area contributed by atoms with Crippen LogP contribution >= 0.6 is 11.3 Å². The molecule has 1 aromatic heterocycles. The van der Waals surface area contributed by atoms with Gasteiger partial charge in [0.05, 0.1) is 13.7 Å². The van der Waals surface area contributed by atoms with Gasteiger partial charge in [0.1, 0.15) is 0 Å². The van der Waals surface area contributed by atoms with E-state index in [4.69, 9.17) is 9.47 Å². The Morgan fingerprint density at radius 1 is 1.71 bits per heavy atom. The molecule has 1 saturated heterocycles. The molecule has 2 heterocycles. The predicted octanol–water partition coefficient (Wildman–Crippen LogP) is 1.16. The average molecular weight is 255 g/mol. The number of carbonyl (C=O) groups is 1. The first kappa shape index (κ1) is 12.5. The first-order valence-electron chi connectivity index (χ1n) is 5.72. The Bertz CT molecular complexity index is 353. The van der Waals surface area contributed by atoms with Gasteiger partial charge in [-0.05, 0) is 28.8 Å². The third-order valence-corrected chi connectivity index (χ3v) is 3.64. The minimum atomic E-state index is -0.420. The number of carbonyl (C=O) groups excluding carboxylic acids is 1. The van der Waals surface area contributed by atoms with E-state index in [0.717, 1.165) is 19.5 Å². The standard InChI is InChI=1S/C12H17NO3S/c1-15-12(14)11-8-13(5-6-16-11)4-2-10-3-7-17-9-10/h3,7,9,11H,2,4-6,8H2,1H3. The molecule has 1 aromatic rings. The van der Waals surface area contributed by atoms with Crippen molar-refractivity contribution in [3.63, 3.8) is 0 Å². The fourth-order valence-corrected chi connectivity index (χ4v) is 2.60. The van der Waals surface area contributed by atoms with E-state index in [1.807, 2.05) is 0 Å². The van der Waals surface area contributed by atoms with Crippen LogP contribution in [0.4, 0.5) is 0 Å². The van der Waals surface area contributed by atoms with Crippen molar-refractivity contribution in [3.8, 4) is 0 Å². The quantitative estimate of drug-likeness (QED) is 0.757. The summed E-state index contributed by atoms with van der Waals surface area (Å²) in [6.07, 6.45) is 0.605. The number of esters is 1. The molecule has 0 saturated carbocycles. The summed E-state index contributed by atoms with van der Waals surface area (Å²) in [6.45, 7) is 3.09. The summed E-state index contributed by atoms with van der Waals surface area (Å²) in [6, 6.07) is 2.14. The van der Waals surface area contributed by atoms with E-state index in [0.29, 0.717) is 13.2 Å². The number of ether oxygens (including phenoxy) is 2. The Balaban J connectivity index is 1.79. The van der Waals surface area contributed by atoms with E-state index < -0.39 is 6.10 Å². The van der Waals surface area contributed by atoms with Crippen LogP contribution in [0.15, 0.2) is 16.8 Å². The molecule has 0 N–H and O–H groups in total. The van der Waals surface area contributed by atoms with Crippen molar-refractivity contribution in [3.05, 3.63) is 22.4 Å². The Morgan fingerprint density at radius 3 is 3.29 bits per heavy atom. The maximum Gasteiger partial charge on any atom is 0.336 e. The Labute approximate surface area is 105 Å². The van der Waals surface area contributed by atoms with Crippen molar-refractivity contribution in [1.82, 2.24) is 4.90 Å². The van der Waals surface area contributed by atoms with Gasteiger partial charge in [0.25, 0.3) is 0 Å². The van der Waals surface area contributed by atoms with Crippen LogP contribution in [0, 0.1) is 0 Å². The van der Waals surface area contributed by atoms with Gasteiger partial charge in [-0.15, -0.1) is 0 Å². The summed E-state index contributed by atoms with van der Waals surface area (Å²) in [7, 11) is 1.40. The molecule has 0 bridgehead atoms. The summed E-state index contributed by atoms with van der Waals surface area (Å²) in [4.78, 5) is 13.6. The maximum atomic E-state index is 11.4. The van der Waals surface area contributed by atoms with Crippen LogP contribution < -0.4 is 0 Å². The van der Waals surface area contributed by atoms with Crippen molar-refractivity contribution >= 4 is 17.3 Å². The zero-order chi connectivity index (χ0) is 12.1. The zero-order valence-electron chi connectivity index (χ0n) is 9.93. The van der Waals surface area contributed by atoms with Gasteiger partial charge in [0.2, 0.25) is 0 Å². The van der Waals surface area contributed by atoms with E-state index in [-0.39, 0.29) is 5.97 Å². The number of morpholine rings is 1. The number of hydrogen-bond acceptors (Lipinski definition) is 5. The molecule has 17 heavy (non-hydrogen) atoms. The lowest BCUT2D eigenvalue weighted by Crippen LogP contribution is -2.47. The maximum absolute atomic E-state index is 11.4. The number of methoxy groups -OCH3 is 1. The van der Waals surface area contributed by atoms with Crippen molar-refractivity contribution < 1.29 is 14.3 Å². The van der Waals surface area contributed by atoms with Crippen LogP contribution in [0.25, 0.3) is 0 Å². The fourth-order valence-electron chi connectivity index (χ4n) is 1.90. The first-order chi connectivity index (χ1) is 8.29. The highest BCUT2D eigenvalue weighted by atomic mass is 32.1. The molecule has 1 atom stereocenters. The molecule has 0 aliphatic carbocycles. The highest BCUT2D eigenvalue weighted by Crippen LogP contribution is 2.10. The lowest BCUT2D eigenvalue weighted by molar-refractivity contribution is -0.159. The van der Waals surface area contributed by atoms with E-state index in [1.54, 1.807) is 11.3 Å². The Morgan fingerprint density at radius 2 is 2.59 bits per heavy atom. The van der Waals surface area contributed by atoms with Crippen molar-refractivity contribution in [2.45, 2.75) is 12.5 Å². The van der Waals surface area contributed by atoms with Crippen LogP contribution in [-0.2, 0) is 20.7 Å². The van der Waals surface area contributed by atoms with Crippen molar-refractivity contribution in [2.75, 3.05) is 33.4 Å². The van der Waals surface area contributed by atoms with Crippen LogP contribution in [0.3, 0.4) is 0 Å². The smallest absolute Gasteiger partial charge is 0.336 e. The molecule has 1 fully saturated rings. The molecule has 0 radical (unpaired) electrons. The summed E-state index contributed by atoms with van der Waals surface area (Å²) >= 11 is 1.72. The Kier molecular flexibility index (Phi) is 4.53. The minimum Gasteiger partial charge on any atom is -0.467 e. The van der Waals surface area contributed by atoms with Gasteiger partial charge in [-0.25, -0.2) is 4.79 Å². The van der Waals surface area contributed by atoms with E-state index in [2.05, 4.69) is 21.7 Å². The second-order valence-corrected chi connectivity index (χ2v) is 4.84. The van der Waals surface area contributed by atoms with E-state index in [1.165, 1.54) is 12.7 Å². The molecule has 5 heteroatoms. The van der Waals surface area contributed by atoms with Crippen molar-refractivity contribution in [1.29, 1.82) is 0 Å². The molecular formula is C12H17NO3S. The SMILES string of the molecule is COC(=O)C1CN(CCc2ccsc2)CCO1. The number of thiophene rings is 1. The van der Waals surface area contributed by atoms with Crippen LogP contribution in [-0.4, -0.2) is 50.3 Å². The van der Waals surface area contributed by atoms with E-state index in [9.17, 15) is 4.79 Å². The van der Waals surface area contributed by atoms with Gasteiger partial charge in [0.15, 0.2) is 6.10 Å². The highest BCUT2D eigenvalue weighted by molar-refractivity contribution is 7.07. The normalized spacial score (nSPS) is 21.4. The second-order valence-electron chi connectivity index (χ2n) is 4.06. The van der Waals surface area contributed by atoms with Crippen molar-refractivity contribution in [2.24, 2.45) is 0 Å². The number of hydrogen-bond donors (Lipinski definition) is 0. The van der Waals surface area contributed by atoms with Crippen LogP contribution in [0.1, 0.15) is 5.56 Å². The van der Waals surface area contributed by atoms with Gasteiger partial charge >= 0.3 is 5.97 Å². The summed E-state index contributed by atoms with van der Waals surface area (Å²) in [5, 5.41) is 4.25. The van der Waals surface area contributed by atoms with Gasteiger partial charge in [-0.1, -0.05) is 0 Å². The van der Waals surface area contributed by atoms with Gasteiger partial charge in [0, 0.05) is 19.6 Å². The minimum absolute atomic E-state index is 0.273. The van der Waals surface area contributed by atoms with Crippen LogP contribution in [0.5, 0.6) is 0 Å². The van der Waals surface area contributed by atoms with Gasteiger partial charge in [-0.2, -0.15) is 11.3 Å². The third kappa shape index (κ3) is 3.52. The molecule has 1 unspecified atom stereocenters. The molecule has 1 aliphatic heterocycles. The molecule has 2 rings (SSSR count). The molecule has 0 spiro atoms. The number of nitrogens with zero attached hydrogens (tertiary/aromatic N) is 1. The Hall–Kier alpha value is -0.910. The topological polar surface area (TPSA) is 38.8 Å². The summed E-state index contributed by atoms with van der Waals surface area (Å²) < 4.78 is 10.1. The fraction of sp³-hybridized carbons (Fsp3) is 0.583. The number of rotatable bonds is 4. The first-order valence-corrected chi connectivity index (χ1v) is 6.66. The summed E-state index contributed by atoms with van der Waals surface area (Å²) in [5.74, 6) is -0.273. The lowest BCUT2D eigenvalue weighted by atomic mass is 10.2. The molecule has 0 amide bonds. The third-order valence-electron chi connectivity index (χ3n) is 2.91. The second kappa shape index (κ2) is 6.14. The monoisotopic (exact) mass is 255 g/mol. The summed E-state index contributed by atoms with van der Waals surface area (Å²) in [5.41, 5.74) is 1.36. The molecule has 94 valence electrons. The van der Waals surface area contributed by atoms with E-state index >= 15 is 0 Å². The zero-order valence-corrected chi connectivity index (χ0v) is 10.7. The predicted molar refractivity (Wildman–Crippen MR) is 66.2 cm³/mol. The molecule has 1 aliphatic rings. The lowest BCUT2D eigenvalue weighted by Gasteiger charge is -2.31. The average Bonchev–Trinajstić information content (AvgIpc) is 2.89. The molecular weight excluding hydrogens is 238 g/mol. The molecule has 4 nitrogen and oxygen atoms in total. The van der Waals surface area contributed by atoms with Crippen LogP contribution in [0.2, 0.25) is 0 Å². The highest BCUT2D eigenvalue weighted by Gasteiger charge is 2.26. The largest absolute Gasteiger partial charge is 0.467 e. The molecule has 0 aromatic carbocycles. The van der Waals surface area contributed by atoms with Gasteiger partial charge < -0.3 is 9.47 Å².